The van der Waals surface area contributed by atoms with Crippen LogP contribution in [0.2, 0.25) is 0 Å². The zero-order chi connectivity index (χ0) is 11.6. The van der Waals surface area contributed by atoms with Crippen molar-refractivity contribution in [2.75, 3.05) is 11.9 Å². The molecule has 1 aliphatic carbocycles. The van der Waals surface area contributed by atoms with Gasteiger partial charge in [0.25, 0.3) is 0 Å². The Labute approximate surface area is 92.3 Å². The fraction of sp³-hybridized carbons (Fsp3) is 0.500. The fourth-order valence-corrected chi connectivity index (χ4v) is 1.56. The summed E-state index contributed by atoms with van der Waals surface area (Å²) in [7, 11) is 0. The third-order valence-electron chi connectivity index (χ3n) is 2.77. The maximum atomic E-state index is 10.5. The quantitative estimate of drug-likeness (QED) is 0.688. The lowest BCUT2D eigenvalue weighted by molar-refractivity contribution is -0.0202. The van der Waals surface area contributed by atoms with Gasteiger partial charge < -0.3 is 15.5 Å². The minimum atomic E-state index is -1.10. The molecule has 0 aliphatic heterocycles. The number of nitrogens with zero attached hydrogens (tertiary/aromatic N) is 2. The van der Waals surface area contributed by atoms with Gasteiger partial charge in [0.05, 0.1) is 5.60 Å². The van der Waals surface area contributed by atoms with Crippen LogP contribution in [0.1, 0.15) is 29.8 Å². The molecule has 0 unspecified atom stereocenters. The Hall–Kier alpha value is -1.69. The molecule has 1 aromatic rings. The molecule has 0 aromatic carbocycles. The van der Waals surface area contributed by atoms with Crippen LogP contribution in [0.4, 0.5) is 5.82 Å². The Morgan fingerprint density at radius 1 is 1.44 bits per heavy atom. The van der Waals surface area contributed by atoms with Crippen LogP contribution in [0.3, 0.4) is 0 Å². The molecular weight excluding hydrogens is 210 g/mol. The van der Waals surface area contributed by atoms with Crippen LogP contribution in [0, 0.1) is 0 Å². The van der Waals surface area contributed by atoms with Crippen molar-refractivity contribution in [2.45, 2.75) is 24.9 Å². The first kappa shape index (κ1) is 10.8. The first-order chi connectivity index (χ1) is 7.59. The van der Waals surface area contributed by atoms with E-state index in [0.717, 1.165) is 19.3 Å². The van der Waals surface area contributed by atoms with Crippen molar-refractivity contribution in [3.05, 3.63) is 17.8 Å². The number of hydrogen-bond acceptors (Lipinski definition) is 5. The van der Waals surface area contributed by atoms with Crippen LogP contribution in [0.5, 0.6) is 0 Å². The SMILES string of the molecule is O=C(O)c1ccc(NCC2(O)CCC2)nn1. The molecule has 0 saturated heterocycles. The van der Waals surface area contributed by atoms with Crippen LogP contribution in [-0.2, 0) is 0 Å². The highest BCUT2D eigenvalue weighted by Gasteiger charge is 2.33. The van der Waals surface area contributed by atoms with Gasteiger partial charge in [-0.05, 0) is 31.4 Å². The lowest BCUT2D eigenvalue weighted by Crippen LogP contribution is -2.43. The van der Waals surface area contributed by atoms with Crippen molar-refractivity contribution in [3.63, 3.8) is 0 Å². The van der Waals surface area contributed by atoms with Crippen LogP contribution in [0.15, 0.2) is 12.1 Å². The van der Waals surface area contributed by atoms with E-state index in [9.17, 15) is 9.90 Å². The van der Waals surface area contributed by atoms with E-state index in [0.29, 0.717) is 12.4 Å². The third kappa shape index (κ3) is 2.27. The highest BCUT2D eigenvalue weighted by molar-refractivity contribution is 5.85. The first-order valence-electron chi connectivity index (χ1n) is 5.12. The molecular formula is C10H13N3O3. The lowest BCUT2D eigenvalue weighted by atomic mass is 9.80. The van der Waals surface area contributed by atoms with Gasteiger partial charge in [-0.1, -0.05) is 0 Å². The van der Waals surface area contributed by atoms with Crippen molar-refractivity contribution in [2.24, 2.45) is 0 Å². The number of carbonyl (C=O) groups is 1. The highest BCUT2D eigenvalue weighted by Crippen LogP contribution is 2.31. The Kier molecular flexibility index (Phi) is 2.74. The molecule has 86 valence electrons. The summed E-state index contributed by atoms with van der Waals surface area (Å²) in [6, 6.07) is 2.92. The molecule has 3 N–H and O–H groups in total. The molecule has 0 bridgehead atoms. The van der Waals surface area contributed by atoms with E-state index < -0.39 is 11.6 Å². The number of aliphatic hydroxyl groups is 1. The molecule has 6 heteroatoms. The van der Waals surface area contributed by atoms with Gasteiger partial charge in [-0.25, -0.2) is 4.79 Å². The van der Waals surface area contributed by atoms with Crippen molar-refractivity contribution < 1.29 is 15.0 Å². The zero-order valence-corrected chi connectivity index (χ0v) is 8.68. The molecule has 0 amide bonds. The van der Waals surface area contributed by atoms with E-state index >= 15 is 0 Å². The van der Waals surface area contributed by atoms with E-state index in [-0.39, 0.29) is 5.69 Å². The Morgan fingerprint density at radius 3 is 2.62 bits per heavy atom. The third-order valence-corrected chi connectivity index (χ3v) is 2.77. The number of anilines is 1. The van der Waals surface area contributed by atoms with Gasteiger partial charge in [0.1, 0.15) is 5.82 Å². The summed E-state index contributed by atoms with van der Waals surface area (Å²) in [5.41, 5.74) is -0.722. The topological polar surface area (TPSA) is 95.3 Å². The fourth-order valence-electron chi connectivity index (χ4n) is 1.56. The molecule has 6 nitrogen and oxygen atoms in total. The number of nitrogens with one attached hydrogen (secondary N) is 1. The van der Waals surface area contributed by atoms with Gasteiger partial charge in [-0.2, -0.15) is 0 Å². The predicted octanol–water partition coefficient (Wildman–Crippen LogP) is 0.502. The average Bonchev–Trinajstić information content (AvgIpc) is 2.24. The summed E-state index contributed by atoms with van der Waals surface area (Å²) in [4.78, 5) is 10.5. The number of rotatable bonds is 4. The van der Waals surface area contributed by atoms with Crippen LogP contribution in [0.25, 0.3) is 0 Å². The zero-order valence-electron chi connectivity index (χ0n) is 8.68. The standard InChI is InChI=1S/C10H13N3O3/c14-9(15)7-2-3-8(13-12-7)11-6-10(16)4-1-5-10/h2-3,16H,1,4-6H2,(H,11,13)(H,14,15). The maximum absolute atomic E-state index is 10.5. The van der Waals surface area contributed by atoms with Crippen LogP contribution < -0.4 is 5.32 Å². The summed E-state index contributed by atoms with van der Waals surface area (Å²) < 4.78 is 0. The second kappa shape index (κ2) is 4.05. The van der Waals surface area contributed by atoms with E-state index in [2.05, 4.69) is 15.5 Å². The summed E-state index contributed by atoms with van der Waals surface area (Å²) in [6.07, 6.45) is 2.63. The van der Waals surface area contributed by atoms with Crippen molar-refractivity contribution in [1.29, 1.82) is 0 Å². The molecule has 1 fully saturated rings. The average molecular weight is 223 g/mol. The summed E-state index contributed by atoms with van der Waals surface area (Å²) in [5.74, 6) is -0.623. The van der Waals surface area contributed by atoms with E-state index in [1.165, 1.54) is 6.07 Å². The smallest absolute Gasteiger partial charge is 0.356 e. The van der Waals surface area contributed by atoms with Crippen molar-refractivity contribution in [1.82, 2.24) is 10.2 Å². The number of carboxylic acids is 1. The first-order valence-corrected chi connectivity index (χ1v) is 5.12. The molecule has 0 atom stereocenters. The summed E-state index contributed by atoms with van der Waals surface area (Å²) in [5, 5.41) is 28.6. The molecule has 0 radical (unpaired) electrons. The Balaban J connectivity index is 1.92. The number of aromatic nitrogens is 2. The molecule has 0 spiro atoms. The van der Waals surface area contributed by atoms with Gasteiger partial charge in [0, 0.05) is 6.54 Å². The molecule has 1 aromatic heterocycles. The van der Waals surface area contributed by atoms with Crippen molar-refractivity contribution in [3.8, 4) is 0 Å². The summed E-state index contributed by atoms with van der Waals surface area (Å²) >= 11 is 0. The van der Waals surface area contributed by atoms with Crippen LogP contribution >= 0.6 is 0 Å². The molecule has 16 heavy (non-hydrogen) atoms. The van der Waals surface area contributed by atoms with Gasteiger partial charge in [-0.3, -0.25) is 0 Å². The number of aromatic carboxylic acids is 1. The van der Waals surface area contributed by atoms with E-state index in [1.54, 1.807) is 6.07 Å². The normalized spacial score (nSPS) is 17.6. The molecule has 1 saturated carbocycles. The largest absolute Gasteiger partial charge is 0.476 e. The van der Waals surface area contributed by atoms with Gasteiger partial charge in [-0.15, -0.1) is 10.2 Å². The lowest BCUT2D eigenvalue weighted by Gasteiger charge is -2.36. The van der Waals surface area contributed by atoms with Crippen LogP contribution in [-0.4, -0.2) is 38.5 Å². The Morgan fingerprint density at radius 2 is 2.19 bits per heavy atom. The van der Waals surface area contributed by atoms with Gasteiger partial charge in [0.15, 0.2) is 5.69 Å². The monoisotopic (exact) mass is 223 g/mol. The highest BCUT2D eigenvalue weighted by atomic mass is 16.4. The van der Waals surface area contributed by atoms with E-state index in [1.807, 2.05) is 0 Å². The minimum absolute atomic E-state index is 0.0899. The second-order valence-electron chi connectivity index (χ2n) is 4.04. The summed E-state index contributed by atoms with van der Waals surface area (Å²) in [6.45, 7) is 0.425. The second-order valence-corrected chi connectivity index (χ2v) is 4.04. The molecule has 1 aliphatic rings. The predicted molar refractivity (Wildman–Crippen MR) is 56.3 cm³/mol. The Bertz CT molecular complexity index is 387. The molecule has 2 rings (SSSR count). The maximum Gasteiger partial charge on any atom is 0.356 e. The van der Waals surface area contributed by atoms with Gasteiger partial charge >= 0.3 is 5.97 Å². The van der Waals surface area contributed by atoms with Gasteiger partial charge in [0.2, 0.25) is 0 Å². The minimum Gasteiger partial charge on any atom is -0.476 e. The van der Waals surface area contributed by atoms with E-state index in [4.69, 9.17) is 5.11 Å². The van der Waals surface area contributed by atoms with Crippen molar-refractivity contribution >= 4 is 11.8 Å². The molecule has 1 heterocycles. The number of hydrogen-bond donors (Lipinski definition) is 3. The number of carboxylic acid groups (broad SMARTS) is 1.